The maximum absolute atomic E-state index is 14.3. The summed E-state index contributed by atoms with van der Waals surface area (Å²) in [5.74, 6) is -2.95. The van der Waals surface area contributed by atoms with E-state index in [9.17, 15) is 19.2 Å². The number of benzene rings is 3. The molecule has 0 heterocycles. The Kier molecular flexibility index (Phi) is 14.3. The molecular formula is C38H47NO9Si. The van der Waals surface area contributed by atoms with E-state index in [2.05, 4.69) is 20.8 Å². The number of carbonyl (C=O) groups excluding carboxylic acids is 4. The molecule has 0 bridgehead atoms. The van der Waals surface area contributed by atoms with E-state index in [0.29, 0.717) is 11.3 Å². The molecule has 11 heteroatoms. The monoisotopic (exact) mass is 689 g/mol. The molecule has 0 saturated heterocycles. The lowest BCUT2D eigenvalue weighted by molar-refractivity contribution is -0.155. The average molecular weight is 690 g/mol. The van der Waals surface area contributed by atoms with Crippen LogP contribution in [0.4, 0.5) is 0 Å². The Morgan fingerprint density at radius 1 is 0.735 bits per heavy atom. The minimum Gasteiger partial charge on any atom is -0.497 e. The highest BCUT2D eigenvalue weighted by molar-refractivity contribution is 6.99. The molecule has 0 fully saturated rings. The van der Waals surface area contributed by atoms with E-state index < -0.39 is 48.8 Å². The molecule has 3 aromatic rings. The molecule has 1 amide bonds. The van der Waals surface area contributed by atoms with E-state index in [-0.39, 0.29) is 33.0 Å². The Balaban J connectivity index is 2.22. The first kappa shape index (κ1) is 38.7. The summed E-state index contributed by atoms with van der Waals surface area (Å²) < 4.78 is 28.1. The van der Waals surface area contributed by atoms with E-state index in [1.54, 1.807) is 52.1 Å². The molecule has 3 aromatic carbocycles. The van der Waals surface area contributed by atoms with Crippen molar-refractivity contribution in [2.24, 2.45) is 0 Å². The Bertz CT molecular complexity index is 1510. The van der Waals surface area contributed by atoms with Crippen molar-refractivity contribution in [1.29, 1.82) is 0 Å². The van der Waals surface area contributed by atoms with E-state index in [1.807, 2.05) is 60.7 Å². The fourth-order valence-electron chi connectivity index (χ4n) is 5.58. The molecule has 0 aromatic heterocycles. The van der Waals surface area contributed by atoms with Gasteiger partial charge in [0.25, 0.3) is 8.32 Å². The van der Waals surface area contributed by atoms with Crippen molar-refractivity contribution in [2.45, 2.75) is 59.2 Å². The standard InChI is InChI=1S/C38H47NO9Si/c1-8-45-35(41)32(36(42)46-9-2)25-34(40)39(26-28-21-23-29(44-7)24-22-28)33(37(43)47-10-3)27-48-49(38(4,5)6,30-17-13-11-14-18-30)31-19-15-12-16-20-31/h11-25,33H,8-10,26-27H2,1-7H3/t33-/m0/s1. The Morgan fingerprint density at radius 2 is 1.22 bits per heavy atom. The van der Waals surface area contributed by atoms with Crippen LogP contribution in [0.25, 0.3) is 0 Å². The van der Waals surface area contributed by atoms with Crippen molar-refractivity contribution in [3.63, 3.8) is 0 Å². The molecule has 0 aliphatic carbocycles. The number of hydrogen-bond acceptors (Lipinski definition) is 9. The number of methoxy groups -OCH3 is 1. The number of ether oxygens (including phenoxy) is 4. The first-order valence-corrected chi connectivity index (χ1v) is 18.2. The van der Waals surface area contributed by atoms with Crippen LogP contribution < -0.4 is 15.1 Å². The zero-order valence-electron chi connectivity index (χ0n) is 29.4. The second-order valence-electron chi connectivity index (χ2n) is 12.1. The maximum Gasteiger partial charge on any atom is 0.345 e. The van der Waals surface area contributed by atoms with Crippen molar-refractivity contribution in [1.82, 2.24) is 4.90 Å². The van der Waals surface area contributed by atoms with Gasteiger partial charge in [0, 0.05) is 12.6 Å². The number of amides is 1. The Hall–Kier alpha value is -4.74. The lowest BCUT2D eigenvalue weighted by atomic mass is 10.1. The molecule has 3 rings (SSSR count). The zero-order valence-corrected chi connectivity index (χ0v) is 30.4. The van der Waals surface area contributed by atoms with Gasteiger partial charge in [0.1, 0.15) is 11.3 Å². The van der Waals surface area contributed by atoms with Gasteiger partial charge in [-0.3, -0.25) is 4.79 Å². The second-order valence-corrected chi connectivity index (χ2v) is 16.4. The van der Waals surface area contributed by atoms with Gasteiger partial charge in [-0.2, -0.15) is 0 Å². The molecule has 0 N–H and O–H groups in total. The number of carbonyl (C=O) groups is 4. The molecule has 1 atom stereocenters. The summed E-state index contributed by atoms with van der Waals surface area (Å²) in [5, 5.41) is 1.54. The largest absolute Gasteiger partial charge is 0.497 e. The third-order valence-corrected chi connectivity index (χ3v) is 12.9. The van der Waals surface area contributed by atoms with Crippen LogP contribution in [-0.2, 0) is 44.4 Å². The van der Waals surface area contributed by atoms with Crippen molar-refractivity contribution >= 4 is 42.5 Å². The Labute approximate surface area is 290 Å². The molecule has 0 radical (unpaired) electrons. The third kappa shape index (κ3) is 9.67. The summed E-state index contributed by atoms with van der Waals surface area (Å²) in [6.07, 6.45) is 0.856. The molecule has 0 aliphatic rings. The maximum atomic E-state index is 14.3. The van der Waals surface area contributed by atoms with Crippen LogP contribution in [0.15, 0.2) is 96.6 Å². The lowest BCUT2D eigenvalue weighted by Crippen LogP contribution is -2.67. The summed E-state index contributed by atoms with van der Waals surface area (Å²) in [5.41, 5.74) is 0.0556. The van der Waals surface area contributed by atoms with Crippen molar-refractivity contribution in [3.05, 3.63) is 102 Å². The van der Waals surface area contributed by atoms with Gasteiger partial charge in [0.15, 0.2) is 6.04 Å². The van der Waals surface area contributed by atoms with Crippen LogP contribution in [-0.4, -0.2) is 76.6 Å². The molecule has 10 nitrogen and oxygen atoms in total. The highest BCUT2D eigenvalue weighted by Crippen LogP contribution is 2.37. The summed E-state index contributed by atoms with van der Waals surface area (Å²) in [4.78, 5) is 55.1. The summed E-state index contributed by atoms with van der Waals surface area (Å²) in [6.45, 7) is 10.8. The van der Waals surface area contributed by atoms with E-state index in [4.69, 9.17) is 23.4 Å². The predicted molar refractivity (Wildman–Crippen MR) is 189 cm³/mol. The van der Waals surface area contributed by atoms with Gasteiger partial charge in [0.05, 0.1) is 33.5 Å². The smallest absolute Gasteiger partial charge is 0.345 e. The number of hydrogen-bond donors (Lipinski definition) is 0. The van der Waals surface area contributed by atoms with Crippen LogP contribution in [0.5, 0.6) is 5.75 Å². The highest BCUT2D eigenvalue weighted by Gasteiger charge is 2.51. The predicted octanol–water partition coefficient (Wildman–Crippen LogP) is 4.58. The van der Waals surface area contributed by atoms with Crippen molar-refractivity contribution < 1.29 is 42.6 Å². The first-order valence-electron chi connectivity index (χ1n) is 16.3. The third-order valence-electron chi connectivity index (χ3n) is 7.86. The number of nitrogens with zero attached hydrogens (tertiary/aromatic N) is 1. The van der Waals surface area contributed by atoms with Gasteiger partial charge in [-0.25, -0.2) is 14.4 Å². The quantitative estimate of drug-likeness (QED) is 0.0532. The van der Waals surface area contributed by atoms with Gasteiger partial charge in [-0.15, -0.1) is 0 Å². The molecular weight excluding hydrogens is 643 g/mol. The lowest BCUT2D eigenvalue weighted by Gasteiger charge is -2.44. The summed E-state index contributed by atoms with van der Waals surface area (Å²) in [6, 6.07) is 25.5. The molecule has 0 saturated carbocycles. The van der Waals surface area contributed by atoms with Crippen LogP contribution in [0, 0.1) is 0 Å². The van der Waals surface area contributed by atoms with Crippen LogP contribution in [0.1, 0.15) is 47.1 Å². The minimum absolute atomic E-state index is 0.0306. The molecule has 49 heavy (non-hydrogen) atoms. The van der Waals surface area contributed by atoms with E-state index in [0.717, 1.165) is 16.4 Å². The minimum atomic E-state index is -3.18. The normalized spacial score (nSPS) is 11.9. The molecule has 0 spiro atoms. The first-order chi connectivity index (χ1) is 23.4. The van der Waals surface area contributed by atoms with Gasteiger partial charge < -0.3 is 28.3 Å². The van der Waals surface area contributed by atoms with E-state index in [1.165, 1.54) is 4.90 Å². The summed E-state index contributed by atoms with van der Waals surface area (Å²) >= 11 is 0. The molecule has 0 aliphatic heterocycles. The fraction of sp³-hybridized carbons (Fsp3) is 0.368. The SMILES string of the molecule is CCOC(=O)C(=CC(=O)N(Cc1ccc(OC)cc1)[C@@H](CO[Si](c1ccccc1)(c1ccccc1)C(C)(C)C)C(=O)OCC)C(=O)OCC. The van der Waals surface area contributed by atoms with Gasteiger partial charge in [-0.1, -0.05) is 93.6 Å². The number of rotatable bonds is 16. The van der Waals surface area contributed by atoms with Crippen LogP contribution in [0.2, 0.25) is 5.04 Å². The molecule has 0 unspecified atom stereocenters. The van der Waals surface area contributed by atoms with Crippen LogP contribution >= 0.6 is 0 Å². The van der Waals surface area contributed by atoms with Gasteiger partial charge >= 0.3 is 17.9 Å². The fourth-order valence-corrected chi connectivity index (χ4v) is 10.1. The Morgan fingerprint density at radius 3 is 1.65 bits per heavy atom. The topological polar surface area (TPSA) is 118 Å². The highest BCUT2D eigenvalue weighted by atomic mass is 28.4. The van der Waals surface area contributed by atoms with Gasteiger partial charge in [0.2, 0.25) is 5.91 Å². The van der Waals surface area contributed by atoms with Crippen LogP contribution in [0.3, 0.4) is 0 Å². The second kappa shape index (κ2) is 18.1. The van der Waals surface area contributed by atoms with Crippen molar-refractivity contribution in [2.75, 3.05) is 33.5 Å². The van der Waals surface area contributed by atoms with Gasteiger partial charge in [-0.05, 0) is 53.9 Å². The van der Waals surface area contributed by atoms with Crippen molar-refractivity contribution in [3.8, 4) is 5.75 Å². The molecule has 262 valence electrons. The average Bonchev–Trinajstić information content (AvgIpc) is 3.09. The number of esters is 3. The summed E-state index contributed by atoms with van der Waals surface area (Å²) in [7, 11) is -1.64. The van der Waals surface area contributed by atoms with E-state index >= 15 is 0 Å². The zero-order chi connectivity index (χ0) is 36.0.